The lowest BCUT2D eigenvalue weighted by molar-refractivity contribution is -0.122. The number of carbonyl (C=O) groups excluding carboxylic acids is 1. The summed E-state index contributed by atoms with van der Waals surface area (Å²) in [6, 6.07) is 10.0. The Hall–Kier alpha value is -1.35. The van der Waals surface area contributed by atoms with Crippen LogP contribution in [0.5, 0.6) is 0 Å². The molecule has 0 radical (unpaired) electrons. The van der Waals surface area contributed by atoms with E-state index in [2.05, 4.69) is 5.32 Å². The van der Waals surface area contributed by atoms with Crippen molar-refractivity contribution in [2.45, 2.75) is 19.3 Å². The van der Waals surface area contributed by atoms with Gasteiger partial charge in [-0.05, 0) is 11.5 Å². The fraction of sp³-hybridized carbons (Fsp3) is 0.417. The average Bonchev–Trinajstić information content (AvgIpc) is 2.27. The summed E-state index contributed by atoms with van der Waals surface area (Å²) in [6.07, 6.45) is 0.493. The molecule has 0 bridgehead atoms. The molecule has 0 fully saturated rings. The van der Waals surface area contributed by atoms with Crippen molar-refractivity contribution in [1.82, 2.24) is 5.32 Å². The van der Waals surface area contributed by atoms with Crippen LogP contribution in [0.15, 0.2) is 30.3 Å². The first kappa shape index (κ1) is 11.7. The highest BCUT2D eigenvalue weighted by molar-refractivity contribution is 5.76. The van der Waals surface area contributed by atoms with Crippen molar-refractivity contribution in [1.29, 1.82) is 0 Å². The van der Waals surface area contributed by atoms with E-state index in [0.29, 0.717) is 6.42 Å². The Kier molecular flexibility index (Phi) is 4.84. The molecule has 0 heterocycles. The normalized spacial score (nSPS) is 12.1. The molecule has 1 amide bonds. The third kappa shape index (κ3) is 4.13. The van der Waals surface area contributed by atoms with Crippen molar-refractivity contribution in [2.24, 2.45) is 0 Å². The predicted octanol–water partition coefficient (Wildman–Crippen LogP) is 1.90. The number of benzene rings is 1. The van der Waals surface area contributed by atoms with Crippen LogP contribution in [0.25, 0.3) is 0 Å². The van der Waals surface area contributed by atoms with Gasteiger partial charge < -0.3 is 10.1 Å². The molecule has 1 atom stereocenters. The molecule has 0 spiro atoms. The third-order valence-corrected chi connectivity index (χ3v) is 2.27. The van der Waals surface area contributed by atoms with E-state index in [1.165, 1.54) is 5.56 Å². The van der Waals surface area contributed by atoms with Crippen molar-refractivity contribution < 1.29 is 9.53 Å². The molecule has 0 aromatic heterocycles. The number of carbonyl (C=O) groups is 1. The second kappa shape index (κ2) is 6.19. The number of ether oxygens (including phenoxy) is 1. The zero-order valence-electron chi connectivity index (χ0n) is 9.19. The second-order valence-corrected chi connectivity index (χ2v) is 3.55. The lowest BCUT2D eigenvalue weighted by Crippen LogP contribution is -2.26. The quantitative estimate of drug-likeness (QED) is 0.749. The summed E-state index contributed by atoms with van der Waals surface area (Å²) in [5, 5.41) is 2.67. The number of rotatable bonds is 5. The highest BCUT2D eigenvalue weighted by atomic mass is 16.5. The molecule has 1 N–H and O–H groups in total. The molecule has 0 saturated heterocycles. The average molecular weight is 207 g/mol. The molecule has 1 aromatic carbocycles. The van der Waals surface area contributed by atoms with Gasteiger partial charge in [-0.15, -0.1) is 0 Å². The van der Waals surface area contributed by atoms with Crippen LogP contribution in [0.3, 0.4) is 0 Å². The monoisotopic (exact) mass is 207 g/mol. The fourth-order valence-electron chi connectivity index (χ4n) is 1.40. The summed E-state index contributed by atoms with van der Waals surface area (Å²) < 4.78 is 4.77. The Morgan fingerprint density at radius 1 is 1.40 bits per heavy atom. The predicted molar refractivity (Wildman–Crippen MR) is 59.5 cm³/mol. The van der Waals surface area contributed by atoms with E-state index in [9.17, 15) is 4.79 Å². The minimum atomic E-state index is 0.0215. The molecule has 15 heavy (non-hydrogen) atoms. The lowest BCUT2D eigenvalue weighted by atomic mass is 9.98. The van der Waals surface area contributed by atoms with Crippen LogP contribution in [-0.2, 0) is 9.53 Å². The van der Waals surface area contributed by atoms with Gasteiger partial charge in [0.2, 0.25) is 5.91 Å². The highest BCUT2D eigenvalue weighted by Gasteiger charge is 2.09. The SMILES string of the molecule is COCNC(=O)CC(C)c1ccccc1. The first-order valence-electron chi connectivity index (χ1n) is 5.04. The lowest BCUT2D eigenvalue weighted by Gasteiger charge is -2.11. The number of hydrogen-bond acceptors (Lipinski definition) is 2. The van der Waals surface area contributed by atoms with Crippen LogP contribution < -0.4 is 5.32 Å². The Labute approximate surface area is 90.4 Å². The van der Waals surface area contributed by atoms with Gasteiger partial charge in [0.15, 0.2) is 0 Å². The van der Waals surface area contributed by atoms with Gasteiger partial charge in [0.05, 0.1) is 0 Å². The first-order chi connectivity index (χ1) is 7.24. The second-order valence-electron chi connectivity index (χ2n) is 3.55. The zero-order valence-corrected chi connectivity index (χ0v) is 9.19. The Balaban J connectivity index is 2.42. The van der Waals surface area contributed by atoms with E-state index in [0.717, 1.165) is 0 Å². The van der Waals surface area contributed by atoms with Crippen LogP contribution in [0.4, 0.5) is 0 Å². The first-order valence-corrected chi connectivity index (χ1v) is 5.04. The highest BCUT2D eigenvalue weighted by Crippen LogP contribution is 2.17. The fourth-order valence-corrected chi connectivity index (χ4v) is 1.40. The maximum Gasteiger partial charge on any atom is 0.222 e. The molecule has 3 nitrogen and oxygen atoms in total. The summed E-state index contributed by atoms with van der Waals surface area (Å²) in [5.74, 6) is 0.260. The largest absolute Gasteiger partial charge is 0.364 e. The molecule has 0 aliphatic rings. The molecule has 0 saturated carbocycles. The standard InChI is InChI=1S/C12H17NO2/c1-10(8-12(14)13-9-15-2)11-6-4-3-5-7-11/h3-7,10H,8-9H2,1-2H3,(H,13,14). The van der Waals surface area contributed by atoms with Gasteiger partial charge in [-0.2, -0.15) is 0 Å². The van der Waals surface area contributed by atoms with Crippen molar-refractivity contribution in [3.8, 4) is 0 Å². The van der Waals surface area contributed by atoms with Gasteiger partial charge in [0, 0.05) is 13.5 Å². The Morgan fingerprint density at radius 2 is 2.07 bits per heavy atom. The van der Waals surface area contributed by atoms with Gasteiger partial charge in [-0.25, -0.2) is 0 Å². The van der Waals surface area contributed by atoms with Crippen molar-refractivity contribution in [3.63, 3.8) is 0 Å². The van der Waals surface area contributed by atoms with E-state index in [1.54, 1.807) is 7.11 Å². The van der Waals surface area contributed by atoms with Gasteiger partial charge in [-0.1, -0.05) is 37.3 Å². The summed E-state index contributed by atoms with van der Waals surface area (Å²) >= 11 is 0. The molecule has 1 unspecified atom stereocenters. The topological polar surface area (TPSA) is 38.3 Å². The van der Waals surface area contributed by atoms with Crippen LogP contribution >= 0.6 is 0 Å². The maximum atomic E-state index is 11.4. The van der Waals surface area contributed by atoms with Crippen LogP contribution in [-0.4, -0.2) is 19.7 Å². The molecule has 0 aliphatic heterocycles. The minimum Gasteiger partial charge on any atom is -0.364 e. The van der Waals surface area contributed by atoms with Gasteiger partial charge in [0.1, 0.15) is 6.73 Å². The minimum absolute atomic E-state index is 0.0215. The van der Waals surface area contributed by atoms with E-state index >= 15 is 0 Å². The Bertz CT molecular complexity index is 298. The van der Waals surface area contributed by atoms with Crippen molar-refractivity contribution in [3.05, 3.63) is 35.9 Å². The van der Waals surface area contributed by atoms with Crippen molar-refractivity contribution in [2.75, 3.05) is 13.8 Å². The van der Waals surface area contributed by atoms with Crippen LogP contribution in [0.1, 0.15) is 24.8 Å². The van der Waals surface area contributed by atoms with Crippen LogP contribution in [0.2, 0.25) is 0 Å². The molecule has 1 rings (SSSR count). The van der Waals surface area contributed by atoms with Crippen LogP contribution in [0, 0.1) is 0 Å². The molecular weight excluding hydrogens is 190 g/mol. The number of amides is 1. The molecular formula is C12H17NO2. The van der Waals surface area contributed by atoms with Gasteiger partial charge >= 0.3 is 0 Å². The van der Waals surface area contributed by atoms with Gasteiger partial charge in [-0.3, -0.25) is 4.79 Å². The zero-order chi connectivity index (χ0) is 11.1. The van der Waals surface area contributed by atoms with E-state index < -0.39 is 0 Å². The summed E-state index contributed by atoms with van der Waals surface area (Å²) in [5.41, 5.74) is 1.19. The molecule has 1 aromatic rings. The van der Waals surface area contributed by atoms with E-state index in [4.69, 9.17) is 4.74 Å². The maximum absolute atomic E-state index is 11.4. The Morgan fingerprint density at radius 3 is 2.67 bits per heavy atom. The third-order valence-electron chi connectivity index (χ3n) is 2.27. The molecule has 0 aliphatic carbocycles. The number of hydrogen-bond donors (Lipinski definition) is 1. The van der Waals surface area contributed by atoms with E-state index in [1.807, 2.05) is 37.3 Å². The summed E-state index contributed by atoms with van der Waals surface area (Å²) in [4.78, 5) is 11.4. The summed E-state index contributed by atoms with van der Waals surface area (Å²) in [7, 11) is 1.56. The smallest absolute Gasteiger partial charge is 0.222 e. The van der Waals surface area contributed by atoms with Gasteiger partial charge in [0.25, 0.3) is 0 Å². The van der Waals surface area contributed by atoms with Crippen molar-refractivity contribution >= 4 is 5.91 Å². The molecule has 82 valence electrons. The molecule has 3 heteroatoms. The number of methoxy groups -OCH3 is 1. The summed E-state index contributed by atoms with van der Waals surface area (Å²) in [6.45, 7) is 2.32. The number of nitrogens with one attached hydrogen (secondary N) is 1. The van der Waals surface area contributed by atoms with E-state index in [-0.39, 0.29) is 18.6 Å².